The molecule has 1 aliphatic heterocycles. The Morgan fingerprint density at radius 2 is 2.14 bits per heavy atom. The topological polar surface area (TPSA) is 33.7 Å². The van der Waals surface area contributed by atoms with Crippen molar-refractivity contribution >= 4 is 0 Å². The maximum atomic E-state index is 5.78. The van der Waals surface area contributed by atoms with Crippen LogP contribution in [0.4, 0.5) is 0 Å². The summed E-state index contributed by atoms with van der Waals surface area (Å²) in [6.45, 7) is 6.27. The zero-order valence-corrected chi connectivity index (χ0v) is 13.4. The molecule has 4 heteroatoms. The molecule has 0 amide bonds. The van der Waals surface area contributed by atoms with Crippen molar-refractivity contribution in [2.75, 3.05) is 27.3 Å². The molecule has 1 heterocycles. The predicted molar refractivity (Wildman–Crippen MR) is 83.9 cm³/mol. The van der Waals surface area contributed by atoms with Crippen LogP contribution in [0.3, 0.4) is 0 Å². The summed E-state index contributed by atoms with van der Waals surface area (Å²) in [7, 11) is 3.79. The van der Waals surface area contributed by atoms with Crippen molar-refractivity contribution in [1.29, 1.82) is 0 Å². The van der Waals surface area contributed by atoms with E-state index in [1.165, 1.54) is 11.1 Å². The number of likely N-dealkylation sites (N-methyl/N-ethyl adjacent to an activating group) is 1. The smallest absolute Gasteiger partial charge is 0.119 e. The first-order valence-electron chi connectivity index (χ1n) is 7.85. The normalized spacial score (nSPS) is 33.0. The van der Waals surface area contributed by atoms with Crippen LogP contribution in [0, 0.1) is 0 Å². The molecule has 4 atom stereocenters. The number of fused-ring (bicyclic) bond motifs is 1. The molecule has 3 rings (SSSR count). The van der Waals surface area contributed by atoms with Crippen LogP contribution in [0.1, 0.15) is 31.0 Å². The third kappa shape index (κ3) is 2.68. The molecule has 1 aromatic carbocycles. The van der Waals surface area contributed by atoms with Crippen molar-refractivity contribution < 1.29 is 9.47 Å². The van der Waals surface area contributed by atoms with Gasteiger partial charge in [0.1, 0.15) is 5.75 Å². The average Bonchev–Trinajstić information content (AvgIpc) is 2.86. The lowest BCUT2D eigenvalue weighted by atomic mass is 10.0. The molecule has 1 fully saturated rings. The Labute approximate surface area is 127 Å². The monoisotopic (exact) mass is 290 g/mol. The molecule has 1 aliphatic carbocycles. The fraction of sp³-hybridized carbons (Fsp3) is 0.647. The molecular weight excluding hydrogens is 264 g/mol. The van der Waals surface area contributed by atoms with Gasteiger partial charge in [0.05, 0.1) is 19.8 Å². The molecule has 1 saturated heterocycles. The van der Waals surface area contributed by atoms with Gasteiger partial charge in [0.2, 0.25) is 0 Å². The molecule has 1 N–H and O–H groups in total. The predicted octanol–water partition coefficient (Wildman–Crippen LogP) is 1.99. The highest BCUT2D eigenvalue weighted by Crippen LogP contribution is 2.38. The van der Waals surface area contributed by atoms with Crippen molar-refractivity contribution in [3.63, 3.8) is 0 Å². The number of methoxy groups -OCH3 is 1. The molecule has 21 heavy (non-hydrogen) atoms. The minimum Gasteiger partial charge on any atom is -0.497 e. The minimum atomic E-state index is 0.317. The number of nitrogens with zero attached hydrogens (tertiary/aromatic N) is 1. The van der Waals surface area contributed by atoms with Gasteiger partial charge in [0.25, 0.3) is 0 Å². The second kappa shape index (κ2) is 5.95. The van der Waals surface area contributed by atoms with E-state index in [1.807, 2.05) is 0 Å². The van der Waals surface area contributed by atoms with Crippen LogP contribution in [0.25, 0.3) is 0 Å². The number of rotatable bonds is 3. The summed E-state index contributed by atoms with van der Waals surface area (Å²) in [5, 5.41) is 3.52. The Morgan fingerprint density at radius 3 is 2.86 bits per heavy atom. The van der Waals surface area contributed by atoms with Gasteiger partial charge in [-0.3, -0.25) is 4.90 Å². The summed E-state index contributed by atoms with van der Waals surface area (Å²) in [5.74, 6) is 0.943. The van der Waals surface area contributed by atoms with E-state index in [9.17, 15) is 0 Å². The van der Waals surface area contributed by atoms with Crippen LogP contribution < -0.4 is 10.1 Å². The zero-order chi connectivity index (χ0) is 15.0. The minimum absolute atomic E-state index is 0.317. The molecule has 2 aliphatic rings. The molecule has 4 nitrogen and oxygen atoms in total. The van der Waals surface area contributed by atoms with Gasteiger partial charge in [-0.1, -0.05) is 6.07 Å². The molecule has 116 valence electrons. The van der Waals surface area contributed by atoms with Gasteiger partial charge in [-0.15, -0.1) is 0 Å². The van der Waals surface area contributed by atoms with Crippen molar-refractivity contribution in [1.82, 2.24) is 10.2 Å². The van der Waals surface area contributed by atoms with Gasteiger partial charge in [0.15, 0.2) is 0 Å². The van der Waals surface area contributed by atoms with Crippen LogP contribution in [0.15, 0.2) is 18.2 Å². The van der Waals surface area contributed by atoms with Gasteiger partial charge < -0.3 is 14.8 Å². The second-order valence-corrected chi connectivity index (χ2v) is 6.29. The largest absolute Gasteiger partial charge is 0.497 e. The third-order valence-electron chi connectivity index (χ3n) is 4.89. The highest BCUT2D eigenvalue weighted by molar-refractivity contribution is 5.43. The van der Waals surface area contributed by atoms with Crippen LogP contribution in [0.5, 0.6) is 5.75 Å². The molecule has 0 bridgehead atoms. The maximum Gasteiger partial charge on any atom is 0.119 e. The van der Waals surface area contributed by atoms with Crippen molar-refractivity contribution in [2.45, 2.75) is 44.5 Å². The first-order chi connectivity index (χ1) is 10.1. The summed E-state index contributed by atoms with van der Waals surface area (Å²) in [6.07, 6.45) is 1.42. The number of hydrogen-bond donors (Lipinski definition) is 1. The molecule has 1 aromatic rings. The second-order valence-electron chi connectivity index (χ2n) is 6.29. The average molecular weight is 290 g/mol. The molecule has 0 spiro atoms. The standard InChI is InChI=1S/C17H26N2O2/c1-11-10-21-12(2)9-19(11)16-7-13-5-6-14(20-4)8-15(13)17(16)18-3/h5-6,8,11-12,16-18H,7,9-10H2,1-4H3. The van der Waals surface area contributed by atoms with E-state index >= 15 is 0 Å². The lowest BCUT2D eigenvalue weighted by Gasteiger charge is -2.42. The van der Waals surface area contributed by atoms with Crippen LogP contribution in [-0.2, 0) is 11.2 Å². The number of benzene rings is 1. The lowest BCUT2D eigenvalue weighted by molar-refractivity contribution is -0.0694. The van der Waals surface area contributed by atoms with E-state index in [1.54, 1.807) is 7.11 Å². The number of ether oxygens (including phenoxy) is 2. The number of nitrogens with one attached hydrogen (secondary N) is 1. The van der Waals surface area contributed by atoms with Crippen LogP contribution >= 0.6 is 0 Å². The van der Waals surface area contributed by atoms with Crippen LogP contribution in [0.2, 0.25) is 0 Å². The Balaban J connectivity index is 1.87. The molecule has 0 radical (unpaired) electrons. The van der Waals surface area contributed by atoms with E-state index in [0.29, 0.717) is 24.2 Å². The molecule has 0 saturated carbocycles. The summed E-state index contributed by atoms with van der Waals surface area (Å²) in [6, 6.07) is 7.80. The first kappa shape index (κ1) is 14.8. The maximum absolute atomic E-state index is 5.78. The zero-order valence-electron chi connectivity index (χ0n) is 13.4. The van der Waals surface area contributed by atoms with Crippen molar-refractivity contribution in [3.8, 4) is 5.75 Å². The molecule has 0 aromatic heterocycles. The van der Waals surface area contributed by atoms with Gasteiger partial charge in [-0.2, -0.15) is 0 Å². The van der Waals surface area contributed by atoms with Crippen molar-refractivity contribution in [3.05, 3.63) is 29.3 Å². The van der Waals surface area contributed by atoms with E-state index < -0.39 is 0 Å². The van der Waals surface area contributed by atoms with Gasteiger partial charge in [0, 0.05) is 24.7 Å². The van der Waals surface area contributed by atoms with Crippen LogP contribution in [-0.4, -0.2) is 50.4 Å². The molecule has 4 unspecified atom stereocenters. The summed E-state index contributed by atoms with van der Waals surface area (Å²) in [5.41, 5.74) is 2.82. The number of hydrogen-bond acceptors (Lipinski definition) is 4. The van der Waals surface area contributed by atoms with E-state index in [4.69, 9.17) is 9.47 Å². The summed E-state index contributed by atoms with van der Waals surface area (Å²) < 4.78 is 11.2. The van der Waals surface area contributed by atoms with Gasteiger partial charge in [-0.25, -0.2) is 0 Å². The first-order valence-corrected chi connectivity index (χ1v) is 7.85. The van der Waals surface area contributed by atoms with Gasteiger partial charge in [-0.05, 0) is 50.6 Å². The van der Waals surface area contributed by atoms with Crippen molar-refractivity contribution in [2.24, 2.45) is 0 Å². The Bertz CT molecular complexity index is 506. The number of morpholine rings is 1. The van der Waals surface area contributed by atoms with E-state index in [2.05, 4.69) is 49.3 Å². The highest BCUT2D eigenvalue weighted by atomic mass is 16.5. The summed E-state index contributed by atoms with van der Waals surface area (Å²) >= 11 is 0. The van der Waals surface area contributed by atoms with E-state index in [-0.39, 0.29) is 0 Å². The highest BCUT2D eigenvalue weighted by Gasteiger charge is 2.39. The fourth-order valence-corrected chi connectivity index (χ4v) is 3.77. The van der Waals surface area contributed by atoms with E-state index in [0.717, 1.165) is 25.3 Å². The quantitative estimate of drug-likeness (QED) is 0.923. The summed E-state index contributed by atoms with van der Waals surface area (Å²) in [4.78, 5) is 2.61. The molecular formula is C17H26N2O2. The fourth-order valence-electron chi connectivity index (χ4n) is 3.77. The Morgan fingerprint density at radius 1 is 1.33 bits per heavy atom. The Hall–Kier alpha value is -1.10. The Kier molecular flexibility index (Phi) is 4.20. The SMILES string of the molecule is CNC1c2cc(OC)ccc2CC1N1CC(C)OCC1C. The third-order valence-corrected chi connectivity index (χ3v) is 4.89. The lowest BCUT2D eigenvalue weighted by Crippen LogP contribution is -2.54. The van der Waals surface area contributed by atoms with Gasteiger partial charge >= 0.3 is 0 Å².